The van der Waals surface area contributed by atoms with E-state index >= 15 is 0 Å². The van der Waals surface area contributed by atoms with Crippen LogP contribution in [0.25, 0.3) is 0 Å². The van der Waals surface area contributed by atoms with Crippen molar-refractivity contribution < 1.29 is 20.2 Å². The largest absolute Gasteiger partial charge is 0.481 e. The molecular weight excluding hydrogens is 140 g/mol. The molecule has 6 heteroatoms. The van der Waals surface area contributed by atoms with Crippen molar-refractivity contribution in [2.24, 2.45) is 11.5 Å². The van der Waals surface area contributed by atoms with E-state index in [0.29, 0.717) is 0 Å². The molecule has 0 aliphatic carbocycles. The fraction of sp³-hybridized carbons (Fsp3) is 0.500. The minimum Gasteiger partial charge on any atom is -0.481 e. The summed E-state index contributed by atoms with van der Waals surface area (Å²) in [5, 5.41) is 8.04. The Morgan fingerprint density at radius 2 is 1.90 bits per heavy atom. The lowest BCUT2D eigenvalue weighted by Gasteiger charge is -2.00. The smallest absolute Gasteiger partial charge is 0.305 e. The predicted molar refractivity (Wildman–Crippen MR) is 33.0 cm³/mol. The molecule has 0 aromatic carbocycles. The number of carboxylic acid groups (broad SMARTS) is 1. The van der Waals surface area contributed by atoms with Crippen LogP contribution in [0.4, 0.5) is 0 Å². The highest BCUT2D eigenvalue weighted by Crippen LogP contribution is 1.84. The lowest BCUT2D eigenvalue weighted by atomic mass is 10.2. The molecule has 0 saturated carbocycles. The summed E-state index contributed by atoms with van der Waals surface area (Å²) in [6.45, 7) is 0. The zero-order valence-electron chi connectivity index (χ0n) is 5.20. The summed E-state index contributed by atoms with van der Waals surface area (Å²) in [5.41, 5.74) is 9.62. The number of primary amides is 1. The monoisotopic (exact) mass is 150 g/mol. The average molecular weight is 150 g/mol. The highest BCUT2D eigenvalue weighted by Gasteiger charge is 2.12. The standard InChI is InChI=1S/C4H8N2O3.H2O/c5-2(4(6)9)1-3(7)8;/h2H,1,5H2,(H2,6,9)(H,7,8);1H2. The second kappa shape index (κ2) is 4.71. The third kappa shape index (κ3) is 5.01. The van der Waals surface area contributed by atoms with Crippen LogP contribution in [-0.4, -0.2) is 28.5 Å². The van der Waals surface area contributed by atoms with Crippen LogP contribution < -0.4 is 11.5 Å². The lowest BCUT2D eigenvalue weighted by molar-refractivity contribution is -0.139. The highest BCUT2D eigenvalue weighted by molar-refractivity contribution is 5.84. The number of hydrogen-bond acceptors (Lipinski definition) is 3. The summed E-state index contributed by atoms with van der Waals surface area (Å²) in [7, 11) is 0. The molecule has 1 amide bonds. The molecule has 0 saturated heterocycles. The average Bonchev–Trinajstić information content (AvgIpc) is 1.63. The molecule has 0 aliphatic rings. The first-order valence-corrected chi connectivity index (χ1v) is 2.30. The number of carbonyl (C=O) groups is 2. The molecule has 0 aromatic rings. The minimum atomic E-state index is -1.12. The van der Waals surface area contributed by atoms with Crippen molar-refractivity contribution in [3.05, 3.63) is 0 Å². The molecule has 60 valence electrons. The fourth-order valence-electron chi connectivity index (χ4n) is 0.289. The van der Waals surface area contributed by atoms with E-state index in [-0.39, 0.29) is 5.48 Å². The third-order valence-electron chi connectivity index (χ3n) is 0.760. The van der Waals surface area contributed by atoms with Gasteiger partial charge >= 0.3 is 5.97 Å². The quantitative estimate of drug-likeness (QED) is 0.407. The predicted octanol–water partition coefficient (Wildman–Crippen LogP) is -2.55. The summed E-state index contributed by atoms with van der Waals surface area (Å²) >= 11 is 0. The van der Waals surface area contributed by atoms with E-state index in [1.54, 1.807) is 0 Å². The lowest BCUT2D eigenvalue weighted by Crippen LogP contribution is -2.38. The van der Waals surface area contributed by atoms with Gasteiger partial charge in [0.1, 0.15) is 0 Å². The van der Waals surface area contributed by atoms with Crippen molar-refractivity contribution in [2.45, 2.75) is 12.5 Å². The van der Waals surface area contributed by atoms with Crippen LogP contribution >= 0.6 is 0 Å². The van der Waals surface area contributed by atoms with Crippen molar-refractivity contribution in [2.75, 3.05) is 0 Å². The molecular formula is C4H10N2O4. The molecule has 0 rings (SSSR count). The number of nitrogens with two attached hydrogens (primary N) is 2. The molecule has 10 heavy (non-hydrogen) atoms. The first-order chi connectivity index (χ1) is 4.04. The number of carboxylic acids is 1. The molecule has 0 spiro atoms. The molecule has 0 bridgehead atoms. The first kappa shape index (κ1) is 11.6. The Kier molecular flexibility index (Phi) is 5.48. The maximum atomic E-state index is 10.1. The van der Waals surface area contributed by atoms with E-state index < -0.39 is 24.3 Å². The van der Waals surface area contributed by atoms with E-state index in [9.17, 15) is 9.59 Å². The molecule has 6 nitrogen and oxygen atoms in total. The van der Waals surface area contributed by atoms with Gasteiger partial charge in [0.05, 0.1) is 12.5 Å². The number of amides is 1. The third-order valence-corrected chi connectivity index (χ3v) is 0.760. The maximum Gasteiger partial charge on any atom is 0.305 e. The summed E-state index contributed by atoms with van der Waals surface area (Å²) < 4.78 is 0. The number of carbonyl (C=O) groups excluding carboxylic acids is 1. The normalized spacial score (nSPS) is 11.3. The molecule has 0 aliphatic heterocycles. The van der Waals surface area contributed by atoms with Crippen LogP contribution in [0.1, 0.15) is 6.42 Å². The second-order valence-corrected chi connectivity index (χ2v) is 1.61. The van der Waals surface area contributed by atoms with Gasteiger partial charge in [0, 0.05) is 0 Å². The van der Waals surface area contributed by atoms with Crippen LogP contribution in [0.15, 0.2) is 0 Å². The topological polar surface area (TPSA) is 138 Å². The van der Waals surface area contributed by atoms with E-state index in [1.165, 1.54) is 0 Å². The van der Waals surface area contributed by atoms with Crippen LogP contribution in [0.2, 0.25) is 0 Å². The summed E-state index contributed by atoms with van der Waals surface area (Å²) in [5.74, 6) is -1.92. The van der Waals surface area contributed by atoms with Crippen molar-refractivity contribution in [3.63, 3.8) is 0 Å². The van der Waals surface area contributed by atoms with Crippen molar-refractivity contribution >= 4 is 11.9 Å². The Hall–Kier alpha value is -1.14. The molecule has 1 atom stereocenters. The van der Waals surface area contributed by atoms with Gasteiger partial charge in [-0.05, 0) is 0 Å². The maximum absolute atomic E-state index is 10.1. The Labute approximate surface area is 57.1 Å². The van der Waals surface area contributed by atoms with Crippen molar-refractivity contribution in [1.82, 2.24) is 0 Å². The second-order valence-electron chi connectivity index (χ2n) is 1.61. The molecule has 0 heterocycles. The van der Waals surface area contributed by atoms with Crippen molar-refractivity contribution in [3.8, 4) is 0 Å². The SMILES string of the molecule is NC(=O)C(N)CC(=O)O.O. The Morgan fingerprint density at radius 3 is 2.00 bits per heavy atom. The Morgan fingerprint density at radius 1 is 1.50 bits per heavy atom. The van der Waals surface area contributed by atoms with Gasteiger partial charge in [0.15, 0.2) is 0 Å². The first-order valence-electron chi connectivity index (χ1n) is 2.30. The van der Waals surface area contributed by atoms with Crippen LogP contribution in [0, 0.1) is 0 Å². The number of rotatable bonds is 3. The van der Waals surface area contributed by atoms with Gasteiger partial charge in [-0.1, -0.05) is 0 Å². The van der Waals surface area contributed by atoms with Gasteiger partial charge in [-0.2, -0.15) is 0 Å². The van der Waals surface area contributed by atoms with E-state index in [1.807, 2.05) is 0 Å². The zero-order chi connectivity index (χ0) is 7.44. The Balaban J connectivity index is 0. The minimum absolute atomic E-state index is 0. The number of aliphatic carboxylic acids is 1. The van der Waals surface area contributed by atoms with E-state index in [0.717, 1.165) is 0 Å². The van der Waals surface area contributed by atoms with Gasteiger partial charge in [0.25, 0.3) is 0 Å². The molecule has 7 N–H and O–H groups in total. The molecule has 0 aromatic heterocycles. The molecule has 0 fully saturated rings. The van der Waals surface area contributed by atoms with Gasteiger partial charge in [0.2, 0.25) is 5.91 Å². The zero-order valence-corrected chi connectivity index (χ0v) is 5.20. The van der Waals surface area contributed by atoms with Gasteiger partial charge in [-0.3, -0.25) is 9.59 Å². The van der Waals surface area contributed by atoms with Gasteiger partial charge in [-0.15, -0.1) is 0 Å². The van der Waals surface area contributed by atoms with Crippen molar-refractivity contribution in [1.29, 1.82) is 0 Å². The summed E-state index contributed by atoms with van der Waals surface area (Å²) in [6, 6.07) is -1.07. The van der Waals surface area contributed by atoms with Crippen LogP contribution in [-0.2, 0) is 9.59 Å². The van der Waals surface area contributed by atoms with Crippen LogP contribution in [0.5, 0.6) is 0 Å². The highest BCUT2D eigenvalue weighted by atomic mass is 16.4. The van der Waals surface area contributed by atoms with Crippen LogP contribution in [0.3, 0.4) is 0 Å². The fourth-order valence-corrected chi connectivity index (χ4v) is 0.289. The van der Waals surface area contributed by atoms with Gasteiger partial charge in [-0.25, -0.2) is 0 Å². The summed E-state index contributed by atoms with van der Waals surface area (Å²) in [4.78, 5) is 19.9. The number of hydrogen-bond donors (Lipinski definition) is 3. The van der Waals surface area contributed by atoms with Gasteiger partial charge < -0.3 is 22.1 Å². The van der Waals surface area contributed by atoms with E-state index in [2.05, 4.69) is 5.73 Å². The van der Waals surface area contributed by atoms with E-state index in [4.69, 9.17) is 10.8 Å². The summed E-state index contributed by atoms with van der Waals surface area (Å²) in [6.07, 6.45) is -0.407. The molecule has 0 radical (unpaired) electrons. The Bertz CT molecular complexity index is 135. The molecule has 1 unspecified atom stereocenters.